The minimum absolute atomic E-state index is 0.122. The average Bonchev–Trinajstić information content (AvgIpc) is 2.53. The van der Waals surface area contributed by atoms with Gasteiger partial charge in [0, 0.05) is 11.1 Å². The van der Waals surface area contributed by atoms with Gasteiger partial charge in [0.1, 0.15) is 17.1 Å². The number of carbonyl (C=O) groups is 1. The average molecular weight is 308 g/mol. The quantitative estimate of drug-likeness (QED) is 0.616. The number of benzene rings is 2. The van der Waals surface area contributed by atoms with Gasteiger partial charge in [0.05, 0.1) is 7.11 Å². The Morgan fingerprint density at radius 1 is 1.09 bits per heavy atom. The van der Waals surface area contributed by atoms with Crippen molar-refractivity contribution in [2.75, 3.05) is 7.11 Å². The summed E-state index contributed by atoms with van der Waals surface area (Å²) in [5, 5.41) is 0. The monoisotopic (exact) mass is 308 g/mol. The molecule has 0 aliphatic carbocycles. The van der Waals surface area contributed by atoms with E-state index in [0.717, 1.165) is 11.1 Å². The van der Waals surface area contributed by atoms with Crippen LogP contribution in [0.5, 0.6) is 11.5 Å². The summed E-state index contributed by atoms with van der Waals surface area (Å²) in [5.74, 6) is 3.26. The third kappa shape index (κ3) is 3.73. The second-order valence-electron chi connectivity index (χ2n) is 6.20. The van der Waals surface area contributed by atoms with Crippen molar-refractivity contribution in [2.24, 2.45) is 0 Å². The molecule has 3 heteroatoms. The van der Waals surface area contributed by atoms with Crippen molar-refractivity contribution in [3.05, 3.63) is 59.2 Å². The molecule has 0 heterocycles. The van der Waals surface area contributed by atoms with Gasteiger partial charge in [0.15, 0.2) is 0 Å². The van der Waals surface area contributed by atoms with Gasteiger partial charge < -0.3 is 9.47 Å². The van der Waals surface area contributed by atoms with E-state index in [9.17, 15) is 4.79 Å². The topological polar surface area (TPSA) is 35.5 Å². The fourth-order valence-electron chi connectivity index (χ4n) is 2.27. The smallest absolute Gasteiger partial charge is 0.341 e. The maximum Gasteiger partial charge on any atom is 0.341 e. The molecule has 0 saturated carbocycles. The molecule has 0 aliphatic heterocycles. The number of methoxy groups -OCH3 is 1. The Hall–Kier alpha value is -2.73. The molecule has 0 atom stereocenters. The fourth-order valence-corrected chi connectivity index (χ4v) is 2.27. The SMILES string of the molecule is C#Cc1ccc(C(C)(C)C)c(Oc2ccccc2C(=O)OC)c1. The molecule has 2 aromatic carbocycles. The molecule has 23 heavy (non-hydrogen) atoms. The molecule has 0 unspecified atom stereocenters. The number of esters is 1. The Morgan fingerprint density at radius 3 is 2.39 bits per heavy atom. The highest BCUT2D eigenvalue weighted by Crippen LogP contribution is 2.36. The van der Waals surface area contributed by atoms with Crippen molar-refractivity contribution >= 4 is 5.97 Å². The molecule has 0 aliphatic rings. The summed E-state index contributed by atoms with van der Waals surface area (Å²) in [4.78, 5) is 11.9. The zero-order valence-corrected chi connectivity index (χ0v) is 13.8. The Bertz CT molecular complexity index is 761. The van der Waals surface area contributed by atoms with Gasteiger partial charge in [-0.1, -0.05) is 44.9 Å². The zero-order chi connectivity index (χ0) is 17.0. The first-order chi connectivity index (χ1) is 10.9. The van der Waals surface area contributed by atoms with Gasteiger partial charge in [-0.2, -0.15) is 0 Å². The Kier molecular flexibility index (Phi) is 4.76. The van der Waals surface area contributed by atoms with E-state index in [-0.39, 0.29) is 5.41 Å². The highest BCUT2D eigenvalue weighted by molar-refractivity contribution is 5.92. The third-order valence-corrected chi connectivity index (χ3v) is 3.47. The van der Waals surface area contributed by atoms with Gasteiger partial charge in [-0.05, 0) is 29.7 Å². The summed E-state index contributed by atoms with van der Waals surface area (Å²) in [5.41, 5.74) is 1.99. The van der Waals surface area contributed by atoms with Crippen LogP contribution < -0.4 is 4.74 Å². The maximum absolute atomic E-state index is 11.9. The van der Waals surface area contributed by atoms with E-state index >= 15 is 0 Å². The minimum Gasteiger partial charge on any atom is -0.465 e. The number of hydrogen-bond donors (Lipinski definition) is 0. The van der Waals surface area contributed by atoms with E-state index in [1.807, 2.05) is 24.3 Å². The molecule has 0 fully saturated rings. The van der Waals surface area contributed by atoms with E-state index in [0.29, 0.717) is 17.1 Å². The molecule has 3 nitrogen and oxygen atoms in total. The van der Waals surface area contributed by atoms with Crippen LogP contribution in [-0.4, -0.2) is 13.1 Å². The van der Waals surface area contributed by atoms with Crippen molar-refractivity contribution < 1.29 is 14.3 Å². The summed E-state index contributed by atoms with van der Waals surface area (Å²) in [6, 6.07) is 12.6. The highest BCUT2D eigenvalue weighted by Gasteiger charge is 2.21. The Morgan fingerprint density at radius 2 is 1.78 bits per heavy atom. The second-order valence-corrected chi connectivity index (χ2v) is 6.20. The van der Waals surface area contributed by atoms with Crippen molar-refractivity contribution in [3.8, 4) is 23.8 Å². The largest absolute Gasteiger partial charge is 0.465 e. The van der Waals surface area contributed by atoms with Gasteiger partial charge in [-0.15, -0.1) is 6.42 Å². The van der Waals surface area contributed by atoms with Crippen molar-refractivity contribution in [2.45, 2.75) is 26.2 Å². The Balaban J connectivity index is 2.52. The summed E-state index contributed by atoms with van der Waals surface area (Å²) in [6.07, 6.45) is 5.49. The van der Waals surface area contributed by atoms with Crippen LogP contribution in [0.15, 0.2) is 42.5 Å². The van der Waals surface area contributed by atoms with Crippen LogP contribution in [0.25, 0.3) is 0 Å². The van der Waals surface area contributed by atoms with E-state index in [4.69, 9.17) is 15.9 Å². The fraction of sp³-hybridized carbons (Fsp3) is 0.250. The number of para-hydroxylation sites is 1. The van der Waals surface area contributed by atoms with Crippen LogP contribution in [0.1, 0.15) is 42.3 Å². The molecule has 118 valence electrons. The number of terminal acetylenes is 1. The molecule has 0 amide bonds. The van der Waals surface area contributed by atoms with Gasteiger partial charge >= 0.3 is 5.97 Å². The summed E-state index contributed by atoms with van der Waals surface area (Å²) in [6.45, 7) is 6.28. The summed E-state index contributed by atoms with van der Waals surface area (Å²) in [7, 11) is 1.35. The lowest BCUT2D eigenvalue weighted by atomic mass is 9.86. The molecule has 0 spiro atoms. The van der Waals surface area contributed by atoms with Gasteiger partial charge in [0.2, 0.25) is 0 Å². The first kappa shape index (κ1) is 16.6. The van der Waals surface area contributed by atoms with Crippen LogP contribution in [0.2, 0.25) is 0 Å². The second kappa shape index (κ2) is 6.58. The molecule has 0 N–H and O–H groups in total. The first-order valence-electron chi connectivity index (χ1n) is 7.33. The number of rotatable bonds is 3. The molecule has 2 rings (SSSR count). The lowest BCUT2D eigenvalue weighted by molar-refractivity contribution is 0.0598. The standard InChI is InChI=1S/C20H20O3/c1-6-14-11-12-16(20(2,3)4)18(13-14)23-17-10-8-7-9-15(17)19(21)22-5/h1,7-13H,2-5H3. The van der Waals surface area contributed by atoms with E-state index in [2.05, 4.69) is 26.7 Å². The summed E-state index contributed by atoms with van der Waals surface area (Å²) >= 11 is 0. The molecular formula is C20H20O3. The van der Waals surface area contributed by atoms with Crippen molar-refractivity contribution in [1.82, 2.24) is 0 Å². The third-order valence-electron chi connectivity index (χ3n) is 3.47. The van der Waals surface area contributed by atoms with Gasteiger partial charge in [-0.25, -0.2) is 4.79 Å². The lowest BCUT2D eigenvalue weighted by Gasteiger charge is -2.23. The van der Waals surface area contributed by atoms with Crippen LogP contribution >= 0.6 is 0 Å². The van der Waals surface area contributed by atoms with Crippen LogP contribution in [0.4, 0.5) is 0 Å². The minimum atomic E-state index is -0.439. The molecule has 0 saturated heterocycles. The van der Waals surface area contributed by atoms with Gasteiger partial charge in [-0.3, -0.25) is 0 Å². The van der Waals surface area contributed by atoms with E-state index in [1.165, 1.54) is 7.11 Å². The molecular weight excluding hydrogens is 288 g/mol. The molecule has 0 aromatic heterocycles. The molecule has 0 bridgehead atoms. The predicted octanol–water partition coefficient (Wildman–Crippen LogP) is 4.54. The van der Waals surface area contributed by atoms with Crippen LogP contribution in [-0.2, 0) is 10.2 Å². The van der Waals surface area contributed by atoms with Crippen LogP contribution in [0.3, 0.4) is 0 Å². The molecule has 0 radical (unpaired) electrons. The highest BCUT2D eigenvalue weighted by atomic mass is 16.5. The number of carbonyl (C=O) groups excluding carboxylic acids is 1. The number of ether oxygens (including phenoxy) is 2. The maximum atomic E-state index is 11.9. The summed E-state index contributed by atoms with van der Waals surface area (Å²) < 4.78 is 10.8. The predicted molar refractivity (Wildman–Crippen MR) is 90.9 cm³/mol. The van der Waals surface area contributed by atoms with Crippen molar-refractivity contribution in [3.63, 3.8) is 0 Å². The van der Waals surface area contributed by atoms with Gasteiger partial charge in [0.25, 0.3) is 0 Å². The van der Waals surface area contributed by atoms with E-state index < -0.39 is 5.97 Å². The van der Waals surface area contributed by atoms with Crippen molar-refractivity contribution in [1.29, 1.82) is 0 Å². The lowest BCUT2D eigenvalue weighted by Crippen LogP contribution is -2.13. The first-order valence-corrected chi connectivity index (χ1v) is 7.33. The van der Waals surface area contributed by atoms with E-state index in [1.54, 1.807) is 18.2 Å². The zero-order valence-electron chi connectivity index (χ0n) is 13.8. The number of hydrogen-bond acceptors (Lipinski definition) is 3. The normalized spacial score (nSPS) is 10.7. The van der Waals surface area contributed by atoms with Crippen LogP contribution in [0, 0.1) is 12.3 Å². The molecule has 2 aromatic rings. The Labute approximate surface area is 137 Å².